The summed E-state index contributed by atoms with van der Waals surface area (Å²) in [6, 6.07) is 0. The van der Waals surface area contributed by atoms with E-state index in [1.165, 1.54) is 0 Å². The van der Waals surface area contributed by atoms with Crippen molar-refractivity contribution in [3.63, 3.8) is 0 Å². The number of esters is 2. The third-order valence-corrected chi connectivity index (χ3v) is 2.23. The minimum Gasteiger partial charge on any atom is -0.466 e. The third-order valence-electron chi connectivity index (χ3n) is 2.23. The molecular formula is C12H22O4. The van der Waals surface area contributed by atoms with Crippen LogP contribution < -0.4 is 0 Å². The molecule has 0 radical (unpaired) electrons. The number of carbonyl (C=O) groups is 2. The molecule has 0 aliphatic carbocycles. The summed E-state index contributed by atoms with van der Waals surface area (Å²) in [6.07, 6.45) is 1.99. The molecule has 0 rings (SSSR count). The Kier molecular flexibility index (Phi) is 8.58. The highest BCUT2D eigenvalue weighted by Crippen LogP contribution is 2.03. The second-order valence-corrected chi connectivity index (χ2v) is 3.92. The van der Waals surface area contributed by atoms with E-state index in [0.29, 0.717) is 19.1 Å². The molecule has 4 nitrogen and oxygen atoms in total. The number of ether oxygens (including phenoxy) is 2. The smallest absolute Gasteiger partial charge is 0.306 e. The van der Waals surface area contributed by atoms with Crippen molar-refractivity contribution < 1.29 is 19.1 Å². The van der Waals surface area contributed by atoms with E-state index in [9.17, 15) is 9.59 Å². The van der Waals surface area contributed by atoms with E-state index in [2.05, 4.69) is 0 Å². The van der Waals surface area contributed by atoms with Crippen molar-refractivity contribution in [2.75, 3.05) is 13.2 Å². The highest BCUT2D eigenvalue weighted by Gasteiger charge is 2.09. The molecule has 0 saturated heterocycles. The van der Waals surface area contributed by atoms with Gasteiger partial charge in [0.05, 0.1) is 26.1 Å². The summed E-state index contributed by atoms with van der Waals surface area (Å²) < 4.78 is 9.84. The van der Waals surface area contributed by atoms with E-state index in [-0.39, 0.29) is 24.8 Å². The Balaban J connectivity index is 3.53. The second-order valence-electron chi connectivity index (χ2n) is 3.92. The molecule has 0 heterocycles. The van der Waals surface area contributed by atoms with Crippen molar-refractivity contribution >= 4 is 11.9 Å². The SMILES string of the molecule is CCCOC(=O)CCC(=O)OCC(C)CC. The molecule has 0 spiro atoms. The molecule has 0 aromatic carbocycles. The van der Waals surface area contributed by atoms with Crippen molar-refractivity contribution in [2.24, 2.45) is 5.92 Å². The maximum absolute atomic E-state index is 11.2. The van der Waals surface area contributed by atoms with Crippen LogP contribution in [0.3, 0.4) is 0 Å². The molecule has 0 aliphatic rings. The fraction of sp³-hybridized carbons (Fsp3) is 0.833. The van der Waals surface area contributed by atoms with Crippen LogP contribution in [0.5, 0.6) is 0 Å². The molecule has 4 heteroatoms. The summed E-state index contributed by atoms with van der Waals surface area (Å²) >= 11 is 0. The second kappa shape index (κ2) is 9.19. The van der Waals surface area contributed by atoms with Gasteiger partial charge < -0.3 is 9.47 Å². The monoisotopic (exact) mass is 230 g/mol. The number of hydrogen-bond acceptors (Lipinski definition) is 4. The molecular weight excluding hydrogens is 208 g/mol. The fourth-order valence-electron chi connectivity index (χ4n) is 0.917. The summed E-state index contributed by atoms with van der Waals surface area (Å²) in [7, 11) is 0. The van der Waals surface area contributed by atoms with Crippen LogP contribution in [0, 0.1) is 5.92 Å². The summed E-state index contributed by atoms with van der Waals surface area (Å²) in [6.45, 7) is 6.83. The Labute approximate surface area is 97.3 Å². The van der Waals surface area contributed by atoms with Gasteiger partial charge in [0.2, 0.25) is 0 Å². The average molecular weight is 230 g/mol. The van der Waals surface area contributed by atoms with Gasteiger partial charge in [0.15, 0.2) is 0 Å². The van der Waals surface area contributed by atoms with E-state index in [4.69, 9.17) is 9.47 Å². The summed E-state index contributed by atoms with van der Waals surface area (Å²) in [5.74, 6) is -0.285. The van der Waals surface area contributed by atoms with Crippen molar-refractivity contribution in [3.05, 3.63) is 0 Å². The van der Waals surface area contributed by atoms with Gasteiger partial charge in [-0.15, -0.1) is 0 Å². The Morgan fingerprint density at radius 3 is 2.12 bits per heavy atom. The van der Waals surface area contributed by atoms with Gasteiger partial charge >= 0.3 is 11.9 Å². The van der Waals surface area contributed by atoms with Crippen molar-refractivity contribution in [1.82, 2.24) is 0 Å². The van der Waals surface area contributed by atoms with Crippen LogP contribution in [0.15, 0.2) is 0 Å². The first-order valence-corrected chi connectivity index (χ1v) is 5.91. The summed E-state index contributed by atoms with van der Waals surface area (Å²) in [5.41, 5.74) is 0. The summed E-state index contributed by atoms with van der Waals surface area (Å²) in [4.78, 5) is 22.3. The van der Waals surface area contributed by atoms with Crippen LogP contribution in [-0.2, 0) is 19.1 Å². The van der Waals surface area contributed by atoms with Crippen molar-refractivity contribution in [2.45, 2.75) is 46.5 Å². The molecule has 94 valence electrons. The number of carbonyl (C=O) groups excluding carboxylic acids is 2. The normalized spacial score (nSPS) is 11.9. The van der Waals surface area contributed by atoms with Gasteiger partial charge in [0.25, 0.3) is 0 Å². The largest absolute Gasteiger partial charge is 0.466 e. The lowest BCUT2D eigenvalue weighted by molar-refractivity contribution is -0.151. The molecule has 0 saturated carbocycles. The van der Waals surface area contributed by atoms with Crippen molar-refractivity contribution in [3.8, 4) is 0 Å². The quantitative estimate of drug-likeness (QED) is 0.600. The summed E-state index contributed by atoms with van der Waals surface area (Å²) in [5, 5.41) is 0. The molecule has 0 aromatic heterocycles. The Bertz CT molecular complexity index is 213. The minimum atomic E-state index is -0.331. The van der Waals surface area contributed by atoms with Crippen LogP contribution in [0.4, 0.5) is 0 Å². The van der Waals surface area contributed by atoms with E-state index in [1.807, 2.05) is 20.8 Å². The van der Waals surface area contributed by atoms with Crippen LogP contribution in [-0.4, -0.2) is 25.2 Å². The van der Waals surface area contributed by atoms with Crippen LogP contribution >= 0.6 is 0 Å². The molecule has 0 amide bonds. The first-order chi connectivity index (χ1) is 7.60. The van der Waals surface area contributed by atoms with Gasteiger partial charge in [-0.2, -0.15) is 0 Å². The van der Waals surface area contributed by atoms with Crippen LogP contribution in [0.25, 0.3) is 0 Å². The fourth-order valence-corrected chi connectivity index (χ4v) is 0.917. The number of hydrogen-bond donors (Lipinski definition) is 0. The third kappa shape index (κ3) is 8.26. The maximum atomic E-state index is 11.2. The molecule has 0 bridgehead atoms. The molecule has 0 N–H and O–H groups in total. The van der Waals surface area contributed by atoms with Gasteiger partial charge in [-0.1, -0.05) is 27.2 Å². The Morgan fingerprint density at radius 1 is 1.06 bits per heavy atom. The van der Waals surface area contributed by atoms with E-state index in [0.717, 1.165) is 12.8 Å². The number of rotatable bonds is 8. The lowest BCUT2D eigenvalue weighted by Crippen LogP contribution is -2.13. The lowest BCUT2D eigenvalue weighted by atomic mass is 10.1. The standard InChI is InChI=1S/C12H22O4/c1-4-8-15-11(13)6-7-12(14)16-9-10(3)5-2/h10H,4-9H2,1-3H3. The molecule has 0 aromatic rings. The molecule has 1 atom stereocenters. The van der Waals surface area contributed by atoms with Crippen molar-refractivity contribution in [1.29, 1.82) is 0 Å². The van der Waals surface area contributed by atoms with Gasteiger partial charge in [-0.05, 0) is 12.3 Å². The predicted molar refractivity (Wildman–Crippen MR) is 60.9 cm³/mol. The van der Waals surface area contributed by atoms with E-state index in [1.54, 1.807) is 0 Å². The van der Waals surface area contributed by atoms with Crippen LogP contribution in [0.2, 0.25) is 0 Å². The zero-order chi connectivity index (χ0) is 12.4. The van der Waals surface area contributed by atoms with Gasteiger partial charge in [-0.25, -0.2) is 0 Å². The maximum Gasteiger partial charge on any atom is 0.306 e. The topological polar surface area (TPSA) is 52.6 Å². The zero-order valence-corrected chi connectivity index (χ0v) is 10.5. The molecule has 1 unspecified atom stereocenters. The van der Waals surface area contributed by atoms with Gasteiger partial charge in [0.1, 0.15) is 0 Å². The van der Waals surface area contributed by atoms with E-state index >= 15 is 0 Å². The van der Waals surface area contributed by atoms with E-state index < -0.39 is 0 Å². The highest BCUT2D eigenvalue weighted by molar-refractivity contribution is 5.77. The Hall–Kier alpha value is -1.06. The molecule has 16 heavy (non-hydrogen) atoms. The molecule has 0 fully saturated rings. The first-order valence-electron chi connectivity index (χ1n) is 5.91. The minimum absolute atomic E-state index is 0.110. The zero-order valence-electron chi connectivity index (χ0n) is 10.5. The molecule has 0 aliphatic heterocycles. The van der Waals surface area contributed by atoms with Gasteiger partial charge in [0, 0.05) is 0 Å². The predicted octanol–water partition coefficient (Wildman–Crippen LogP) is 2.31. The Morgan fingerprint density at radius 2 is 1.62 bits per heavy atom. The van der Waals surface area contributed by atoms with Gasteiger partial charge in [-0.3, -0.25) is 9.59 Å². The van der Waals surface area contributed by atoms with Crippen LogP contribution in [0.1, 0.15) is 46.5 Å². The average Bonchev–Trinajstić information content (AvgIpc) is 2.30. The first kappa shape index (κ1) is 14.9. The highest BCUT2D eigenvalue weighted by atomic mass is 16.5. The lowest BCUT2D eigenvalue weighted by Gasteiger charge is -2.09.